The highest BCUT2D eigenvalue weighted by molar-refractivity contribution is 5.83. The van der Waals surface area contributed by atoms with Crippen LogP contribution in [0.2, 0.25) is 0 Å². The van der Waals surface area contributed by atoms with Gasteiger partial charge in [-0.1, -0.05) is 72.8 Å². The summed E-state index contributed by atoms with van der Waals surface area (Å²) < 4.78 is 0. The number of hydrogen-bond acceptors (Lipinski definition) is 1. The lowest BCUT2D eigenvalue weighted by molar-refractivity contribution is 0.963. The van der Waals surface area contributed by atoms with Crippen molar-refractivity contribution < 1.29 is 0 Å². The zero-order valence-corrected chi connectivity index (χ0v) is 13.5. The molecule has 0 fully saturated rings. The Morgan fingerprint density at radius 3 is 2.29 bits per heavy atom. The van der Waals surface area contributed by atoms with E-state index in [1.807, 2.05) is 18.3 Å². The number of pyridine rings is 1. The minimum atomic E-state index is 1.02. The van der Waals surface area contributed by atoms with Crippen LogP contribution in [0.15, 0.2) is 91.1 Å². The first-order chi connectivity index (χ1) is 11.9. The fraction of sp³-hybridized carbons (Fsp3) is 0.0870. The van der Waals surface area contributed by atoms with Crippen molar-refractivity contribution in [3.8, 4) is 11.3 Å². The summed E-state index contributed by atoms with van der Waals surface area (Å²) in [6, 6.07) is 30.0. The van der Waals surface area contributed by atoms with Gasteiger partial charge in [-0.3, -0.25) is 4.98 Å². The van der Waals surface area contributed by atoms with Crippen LogP contribution in [-0.4, -0.2) is 4.98 Å². The van der Waals surface area contributed by atoms with E-state index in [9.17, 15) is 0 Å². The summed E-state index contributed by atoms with van der Waals surface area (Å²) in [5.74, 6) is 0. The molecule has 1 nitrogen and oxygen atoms in total. The summed E-state index contributed by atoms with van der Waals surface area (Å²) in [5.41, 5.74) is 5.01. The quantitative estimate of drug-likeness (QED) is 0.472. The zero-order valence-electron chi connectivity index (χ0n) is 13.5. The maximum Gasteiger partial charge on any atom is 0.0704 e. The maximum absolute atomic E-state index is 4.51. The van der Waals surface area contributed by atoms with Crippen LogP contribution >= 0.6 is 0 Å². The lowest BCUT2D eigenvalue weighted by Gasteiger charge is -2.09. The summed E-state index contributed by atoms with van der Waals surface area (Å²) >= 11 is 0. The Morgan fingerprint density at radius 1 is 0.625 bits per heavy atom. The van der Waals surface area contributed by atoms with Gasteiger partial charge in [0, 0.05) is 11.8 Å². The molecule has 0 spiro atoms. The highest BCUT2D eigenvalue weighted by Crippen LogP contribution is 2.23. The minimum absolute atomic E-state index is 1.02. The molecule has 1 heteroatoms. The van der Waals surface area contributed by atoms with Gasteiger partial charge in [-0.05, 0) is 46.9 Å². The second-order valence-electron chi connectivity index (χ2n) is 6.05. The molecular formula is C23H19N. The minimum Gasteiger partial charge on any atom is -0.256 e. The van der Waals surface area contributed by atoms with E-state index in [4.69, 9.17) is 0 Å². The van der Waals surface area contributed by atoms with E-state index in [-0.39, 0.29) is 0 Å². The van der Waals surface area contributed by atoms with Crippen LogP contribution in [0, 0.1) is 0 Å². The summed E-state index contributed by atoms with van der Waals surface area (Å²) in [6.45, 7) is 0. The van der Waals surface area contributed by atoms with E-state index in [0.717, 1.165) is 18.5 Å². The molecule has 0 radical (unpaired) electrons. The van der Waals surface area contributed by atoms with Crippen molar-refractivity contribution in [1.82, 2.24) is 4.98 Å². The summed E-state index contributed by atoms with van der Waals surface area (Å²) in [4.78, 5) is 4.51. The molecule has 0 unspecified atom stereocenters. The monoisotopic (exact) mass is 309 g/mol. The van der Waals surface area contributed by atoms with E-state index in [1.54, 1.807) is 0 Å². The Bertz CT molecular complexity index is 957. The van der Waals surface area contributed by atoms with E-state index in [2.05, 4.69) is 77.8 Å². The molecule has 4 aromatic rings. The first-order valence-corrected chi connectivity index (χ1v) is 8.37. The van der Waals surface area contributed by atoms with Gasteiger partial charge < -0.3 is 0 Å². The molecule has 0 amide bonds. The number of hydrogen-bond donors (Lipinski definition) is 0. The van der Waals surface area contributed by atoms with Crippen LogP contribution in [0.4, 0.5) is 0 Å². The van der Waals surface area contributed by atoms with Crippen LogP contribution in [0.1, 0.15) is 11.1 Å². The van der Waals surface area contributed by atoms with E-state index in [1.165, 1.54) is 27.5 Å². The molecule has 1 aromatic heterocycles. The Labute approximate surface area is 142 Å². The van der Waals surface area contributed by atoms with Gasteiger partial charge in [0.25, 0.3) is 0 Å². The molecule has 0 aliphatic rings. The summed E-state index contributed by atoms with van der Waals surface area (Å²) in [6.07, 6.45) is 3.91. The van der Waals surface area contributed by atoms with Gasteiger partial charge in [-0.15, -0.1) is 0 Å². The number of nitrogens with zero attached hydrogens (tertiary/aromatic N) is 1. The van der Waals surface area contributed by atoms with Crippen molar-refractivity contribution in [3.05, 3.63) is 102 Å². The molecule has 0 aliphatic heterocycles. The molecule has 24 heavy (non-hydrogen) atoms. The van der Waals surface area contributed by atoms with Crippen molar-refractivity contribution in [2.45, 2.75) is 12.8 Å². The van der Waals surface area contributed by atoms with E-state index >= 15 is 0 Å². The average molecular weight is 309 g/mol. The third-order valence-corrected chi connectivity index (χ3v) is 4.46. The van der Waals surface area contributed by atoms with Crippen LogP contribution in [0.25, 0.3) is 22.0 Å². The van der Waals surface area contributed by atoms with Crippen molar-refractivity contribution in [2.24, 2.45) is 0 Å². The largest absolute Gasteiger partial charge is 0.256 e. The van der Waals surface area contributed by atoms with Crippen molar-refractivity contribution in [3.63, 3.8) is 0 Å². The number of rotatable bonds is 4. The van der Waals surface area contributed by atoms with Crippen molar-refractivity contribution in [2.75, 3.05) is 0 Å². The standard InChI is InChI=1S/C23H19N/c1-2-9-21-17-18(12-14-19(21)7-1)13-15-20-8-3-4-10-22(20)23-11-5-6-16-24-23/h1-12,14,16-17H,13,15H2. The zero-order chi connectivity index (χ0) is 16.2. The Hall–Kier alpha value is -2.93. The van der Waals surface area contributed by atoms with Gasteiger partial charge in [0.2, 0.25) is 0 Å². The van der Waals surface area contributed by atoms with Crippen molar-refractivity contribution >= 4 is 10.8 Å². The fourth-order valence-corrected chi connectivity index (χ4v) is 3.18. The van der Waals surface area contributed by atoms with Gasteiger partial charge in [-0.25, -0.2) is 0 Å². The van der Waals surface area contributed by atoms with Gasteiger partial charge in [-0.2, -0.15) is 0 Å². The molecule has 0 saturated carbocycles. The first kappa shape index (κ1) is 14.6. The second-order valence-corrected chi connectivity index (χ2v) is 6.05. The fourth-order valence-electron chi connectivity index (χ4n) is 3.18. The third-order valence-electron chi connectivity index (χ3n) is 4.46. The van der Waals surface area contributed by atoms with Crippen molar-refractivity contribution in [1.29, 1.82) is 0 Å². The molecule has 0 aliphatic carbocycles. The Morgan fingerprint density at radius 2 is 1.42 bits per heavy atom. The summed E-state index contributed by atoms with van der Waals surface area (Å²) in [7, 11) is 0. The van der Waals surface area contributed by atoms with Crippen LogP contribution in [0.5, 0.6) is 0 Å². The lowest BCUT2D eigenvalue weighted by atomic mass is 9.96. The van der Waals surface area contributed by atoms with Crippen LogP contribution in [-0.2, 0) is 12.8 Å². The molecule has 4 rings (SSSR count). The lowest BCUT2D eigenvalue weighted by Crippen LogP contribution is -1.95. The van der Waals surface area contributed by atoms with Gasteiger partial charge in [0.05, 0.1) is 5.69 Å². The Kier molecular flexibility index (Phi) is 4.07. The second kappa shape index (κ2) is 6.67. The molecule has 0 N–H and O–H groups in total. The topological polar surface area (TPSA) is 12.9 Å². The number of fused-ring (bicyclic) bond motifs is 1. The third kappa shape index (κ3) is 3.07. The number of aryl methyl sites for hydroxylation is 2. The number of aromatic nitrogens is 1. The first-order valence-electron chi connectivity index (χ1n) is 8.37. The highest BCUT2D eigenvalue weighted by Gasteiger charge is 2.06. The molecule has 116 valence electrons. The summed E-state index contributed by atoms with van der Waals surface area (Å²) in [5, 5.41) is 2.61. The smallest absolute Gasteiger partial charge is 0.0704 e. The predicted octanol–water partition coefficient (Wildman–Crippen LogP) is 5.69. The van der Waals surface area contributed by atoms with E-state index < -0.39 is 0 Å². The van der Waals surface area contributed by atoms with Crippen LogP contribution < -0.4 is 0 Å². The molecular weight excluding hydrogens is 290 g/mol. The predicted molar refractivity (Wildman–Crippen MR) is 101 cm³/mol. The number of benzene rings is 3. The van der Waals surface area contributed by atoms with Gasteiger partial charge >= 0.3 is 0 Å². The highest BCUT2D eigenvalue weighted by atomic mass is 14.7. The molecule has 0 saturated heterocycles. The molecule has 3 aromatic carbocycles. The maximum atomic E-state index is 4.51. The van der Waals surface area contributed by atoms with E-state index in [0.29, 0.717) is 0 Å². The molecule has 1 heterocycles. The van der Waals surface area contributed by atoms with Gasteiger partial charge in [0.1, 0.15) is 0 Å². The normalized spacial score (nSPS) is 10.8. The average Bonchev–Trinajstić information content (AvgIpc) is 2.67. The molecule has 0 atom stereocenters. The Balaban J connectivity index is 1.59. The van der Waals surface area contributed by atoms with Gasteiger partial charge in [0.15, 0.2) is 0 Å². The van der Waals surface area contributed by atoms with Crippen LogP contribution in [0.3, 0.4) is 0 Å². The molecule has 0 bridgehead atoms. The SMILES string of the molecule is c1ccc(-c2ccccc2CCc2ccc3ccccc3c2)nc1.